The van der Waals surface area contributed by atoms with Gasteiger partial charge in [0, 0.05) is 44.2 Å². The van der Waals surface area contributed by atoms with Crippen molar-refractivity contribution < 1.29 is 14.9 Å². The Labute approximate surface area is 255 Å². The van der Waals surface area contributed by atoms with Gasteiger partial charge in [-0.05, 0) is 75.3 Å². The molecule has 3 rings (SSSR count). The number of aryl methyl sites for hydroxylation is 1. The zero-order chi connectivity index (χ0) is 23.9. The van der Waals surface area contributed by atoms with Crippen molar-refractivity contribution in [2.24, 2.45) is 0 Å². The van der Waals surface area contributed by atoms with Crippen LogP contribution in [-0.4, -0.2) is 68.4 Å². The fourth-order valence-corrected chi connectivity index (χ4v) is 4.72. The summed E-state index contributed by atoms with van der Waals surface area (Å²) in [4.78, 5) is 2.51. The molecule has 0 amide bonds. The van der Waals surface area contributed by atoms with Crippen LogP contribution < -0.4 is 15.5 Å². The first-order valence-corrected chi connectivity index (χ1v) is 13.3. The van der Waals surface area contributed by atoms with Gasteiger partial charge in [0.25, 0.3) is 0 Å². The van der Waals surface area contributed by atoms with Crippen molar-refractivity contribution in [1.82, 2.24) is 10.6 Å². The molecule has 1 aromatic rings. The zero-order valence-electron chi connectivity index (χ0n) is 22.0. The molecular formula is C28H48Br3N3O3. The molecule has 0 aliphatic carbocycles. The van der Waals surface area contributed by atoms with Crippen LogP contribution in [0, 0.1) is 0 Å². The molecule has 0 bridgehead atoms. The highest BCUT2D eigenvalue weighted by Gasteiger charge is 2.27. The Kier molecular flexibility index (Phi) is 21.2. The van der Waals surface area contributed by atoms with Crippen LogP contribution in [0.5, 0.6) is 0 Å². The molecule has 0 saturated carbocycles. The summed E-state index contributed by atoms with van der Waals surface area (Å²) in [5, 5.41) is 25.7. The molecule has 1 saturated heterocycles. The molecule has 0 spiro atoms. The Morgan fingerprint density at radius 3 is 2.30 bits per heavy atom. The van der Waals surface area contributed by atoms with E-state index < -0.39 is 5.54 Å². The summed E-state index contributed by atoms with van der Waals surface area (Å²) in [6.45, 7) is 5.60. The van der Waals surface area contributed by atoms with E-state index in [4.69, 9.17) is 4.74 Å². The number of anilines is 1. The molecule has 1 unspecified atom stereocenters. The maximum absolute atomic E-state index is 9.76. The number of nitrogens with one attached hydrogen (secondary N) is 2. The van der Waals surface area contributed by atoms with E-state index in [2.05, 4.69) is 39.8 Å². The molecule has 2 aliphatic heterocycles. The van der Waals surface area contributed by atoms with Gasteiger partial charge in [-0.25, -0.2) is 0 Å². The summed E-state index contributed by atoms with van der Waals surface area (Å²) >= 11 is 0. The number of aliphatic hydroxyl groups is 2. The van der Waals surface area contributed by atoms with Gasteiger partial charge in [-0.1, -0.05) is 37.1 Å². The number of halogens is 3. The summed E-state index contributed by atoms with van der Waals surface area (Å²) in [6.07, 6.45) is 16.5. The first-order valence-electron chi connectivity index (χ1n) is 13.3. The van der Waals surface area contributed by atoms with E-state index in [9.17, 15) is 10.2 Å². The average Bonchev–Trinajstić information content (AvgIpc) is 2.90. The number of rotatable bonds is 16. The number of hydrogen-bond donors (Lipinski definition) is 4. The number of hydrogen-bond acceptors (Lipinski definition) is 6. The molecule has 1 fully saturated rings. The number of piperidine rings is 1. The third-order valence-electron chi connectivity index (χ3n) is 6.82. The fourth-order valence-electron chi connectivity index (χ4n) is 4.72. The molecule has 1 atom stereocenters. The van der Waals surface area contributed by atoms with Crippen LogP contribution in [0.3, 0.4) is 0 Å². The van der Waals surface area contributed by atoms with Crippen molar-refractivity contribution in [2.75, 3.05) is 57.5 Å². The van der Waals surface area contributed by atoms with Gasteiger partial charge in [0.2, 0.25) is 0 Å². The minimum absolute atomic E-state index is 0. The number of unbranched alkanes of at least 4 members (excludes halogenated alkanes) is 3. The summed E-state index contributed by atoms with van der Waals surface area (Å²) in [7, 11) is 0. The molecule has 1 aromatic carbocycles. The van der Waals surface area contributed by atoms with Crippen molar-refractivity contribution in [3.05, 3.63) is 53.8 Å². The zero-order valence-corrected chi connectivity index (χ0v) is 27.2. The molecule has 2 aliphatic rings. The number of allylic oxidation sites excluding steroid dienone is 2. The molecule has 214 valence electrons. The lowest BCUT2D eigenvalue weighted by Gasteiger charge is -2.34. The molecule has 9 heteroatoms. The van der Waals surface area contributed by atoms with E-state index in [1.54, 1.807) is 0 Å². The van der Waals surface area contributed by atoms with E-state index in [0.29, 0.717) is 6.54 Å². The minimum Gasteiger partial charge on any atom is -0.394 e. The third-order valence-corrected chi connectivity index (χ3v) is 6.82. The first kappa shape index (κ1) is 36.6. The van der Waals surface area contributed by atoms with Gasteiger partial charge >= 0.3 is 0 Å². The summed E-state index contributed by atoms with van der Waals surface area (Å²) in [5.41, 5.74) is 3.00. The first-order chi connectivity index (χ1) is 16.7. The van der Waals surface area contributed by atoms with Crippen molar-refractivity contribution in [3.8, 4) is 0 Å². The van der Waals surface area contributed by atoms with E-state index in [1.807, 2.05) is 18.2 Å². The van der Waals surface area contributed by atoms with Crippen molar-refractivity contribution in [2.45, 2.75) is 63.3 Å². The Bertz CT molecular complexity index is 759. The summed E-state index contributed by atoms with van der Waals surface area (Å²) < 4.78 is 5.84. The fraction of sp³-hybridized carbons (Fsp3) is 0.643. The molecule has 0 aromatic heterocycles. The van der Waals surface area contributed by atoms with Crippen LogP contribution in [0.2, 0.25) is 0 Å². The number of benzene rings is 1. The minimum atomic E-state index is -0.518. The number of nitrogens with zero attached hydrogens (tertiary/aromatic N) is 1. The highest BCUT2D eigenvalue weighted by Crippen LogP contribution is 2.20. The maximum Gasteiger partial charge on any atom is 0.0914 e. The van der Waals surface area contributed by atoms with Gasteiger partial charge in [0.1, 0.15) is 0 Å². The van der Waals surface area contributed by atoms with Gasteiger partial charge < -0.3 is 30.5 Å². The van der Waals surface area contributed by atoms with Crippen molar-refractivity contribution >= 4 is 56.6 Å². The quantitative estimate of drug-likeness (QED) is 0.175. The van der Waals surface area contributed by atoms with Gasteiger partial charge in [-0.3, -0.25) is 0 Å². The Balaban J connectivity index is 0.00000432. The number of ether oxygens (including phenoxy) is 1. The topological polar surface area (TPSA) is 77.0 Å². The predicted molar refractivity (Wildman–Crippen MR) is 171 cm³/mol. The summed E-state index contributed by atoms with van der Waals surface area (Å²) in [6, 6.07) is 9.13. The number of aliphatic hydroxyl groups excluding tert-OH is 2. The van der Waals surface area contributed by atoms with Crippen molar-refractivity contribution in [3.63, 3.8) is 0 Å². The van der Waals surface area contributed by atoms with Crippen molar-refractivity contribution in [1.29, 1.82) is 0 Å². The second kappa shape index (κ2) is 21.4. The third kappa shape index (κ3) is 13.5. The van der Waals surface area contributed by atoms with E-state index in [-0.39, 0.29) is 64.2 Å². The normalized spacial score (nSPS) is 18.6. The smallest absolute Gasteiger partial charge is 0.0914 e. The van der Waals surface area contributed by atoms with Gasteiger partial charge in [-0.15, -0.1) is 50.9 Å². The molecule has 4 N–H and O–H groups in total. The average molecular weight is 714 g/mol. The highest BCUT2D eigenvalue weighted by atomic mass is 79.9. The second-order valence-electron chi connectivity index (χ2n) is 9.67. The lowest BCUT2D eigenvalue weighted by Crippen LogP contribution is -2.54. The van der Waals surface area contributed by atoms with Crippen LogP contribution in [0.4, 0.5) is 5.69 Å². The monoisotopic (exact) mass is 711 g/mol. The van der Waals surface area contributed by atoms with E-state index >= 15 is 0 Å². The van der Waals surface area contributed by atoms with Crippen LogP contribution in [0.25, 0.3) is 0 Å². The molecule has 2 heterocycles. The molecular weight excluding hydrogens is 666 g/mol. The van der Waals surface area contributed by atoms with Crippen LogP contribution >= 0.6 is 50.9 Å². The van der Waals surface area contributed by atoms with Crippen LogP contribution in [0.1, 0.15) is 56.9 Å². The predicted octanol–water partition coefficient (Wildman–Crippen LogP) is 5.28. The van der Waals surface area contributed by atoms with E-state index in [1.165, 1.54) is 56.4 Å². The molecule has 37 heavy (non-hydrogen) atoms. The number of dihydropyridines is 1. The van der Waals surface area contributed by atoms with Gasteiger partial charge in [-0.2, -0.15) is 0 Å². The highest BCUT2D eigenvalue weighted by molar-refractivity contribution is 8.93. The standard InChI is InChI=1S/C28H45N3O3.3BrH/c32-22-26-11-8-16-28(24-33,30-26)23-29-17-4-1-2-7-20-34-21-9-10-25-12-14-27(15-13-25)31-18-5-3-6-19-31;;;/h8,11-16,29-30,32-33H,1-7,9-10,17-24H2;3*1H. The van der Waals surface area contributed by atoms with Gasteiger partial charge in [0.05, 0.1) is 18.8 Å². The summed E-state index contributed by atoms with van der Waals surface area (Å²) in [5.74, 6) is 0. The van der Waals surface area contributed by atoms with Gasteiger partial charge in [0.15, 0.2) is 0 Å². The molecule has 0 radical (unpaired) electrons. The maximum atomic E-state index is 9.76. The molecule has 6 nitrogen and oxygen atoms in total. The second-order valence-corrected chi connectivity index (χ2v) is 9.67. The Morgan fingerprint density at radius 2 is 1.59 bits per heavy atom. The lowest BCUT2D eigenvalue weighted by atomic mass is 9.96. The van der Waals surface area contributed by atoms with Crippen LogP contribution in [0.15, 0.2) is 48.2 Å². The Morgan fingerprint density at radius 1 is 0.892 bits per heavy atom. The van der Waals surface area contributed by atoms with E-state index in [0.717, 1.165) is 51.1 Å². The lowest BCUT2D eigenvalue weighted by molar-refractivity contribution is 0.127. The largest absolute Gasteiger partial charge is 0.394 e. The van der Waals surface area contributed by atoms with Crippen LogP contribution in [-0.2, 0) is 11.2 Å². The SMILES string of the molecule is Br.Br.Br.OCC1=CC=CC(CO)(CNCCCCCCOCCCc2ccc(N3CCCCC3)cc2)N1. The Hall–Kier alpha value is -0.420.